The highest BCUT2D eigenvalue weighted by atomic mass is 32.2. The molecule has 0 amide bonds. The van der Waals surface area contributed by atoms with E-state index in [2.05, 4.69) is 32.4 Å². The minimum atomic E-state index is -4.01. The smallest absolute Gasteiger partial charge is 0.274 e. The number of alkyl halides is 1. The highest BCUT2D eigenvalue weighted by Gasteiger charge is 2.46. The second-order valence-corrected chi connectivity index (χ2v) is 9.25. The van der Waals surface area contributed by atoms with Crippen molar-refractivity contribution in [3.05, 3.63) is 48.0 Å². The van der Waals surface area contributed by atoms with Gasteiger partial charge in [-0.25, -0.2) is 24.5 Å². The van der Waals surface area contributed by atoms with E-state index in [1.807, 2.05) is 16.9 Å². The average Bonchev–Trinajstić information content (AvgIpc) is 3.44. The van der Waals surface area contributed by atoms with Gasteiger partial charge < -0.3 is 15.2 Å². The molecule has 11 nitrogen and oxygen atoms in total. The summed E-state index contributed by atoms with van der Waals surface area (Å²) in [6.07, 6.45) is -1.16. The van der Waals surface area contributed by atoms with Crippen molar-refractivity contribution in [2.45, 2.75) is 43.5 Å². The van der Waals surface area contributed by atoms with Crippen LogP contribution in [0.1, 0.15) is 29.8 Å². The lowest BCUT2D eigenvalue weighted by atomic mass is 10.1. The molecule has 5 atom stereocenters. The molecule has 1 fully saturated rings. The minimum absolute atomic E-state index is 0.0709. The predicted octanol–water partition coefficient (Wildman–Crippen LogP) is 0.315. The Balaban J connectivity index is 1.40. The molecule has 1 aliphatic heterocycles. The van der Waals surface area contributed by atoms with Crippen LogP contribution in [-0.4, -0.2) is 58.0 Å². The Morgan fingerprint density at radius 2 is 2.09 bits per heavy atom. The van der Waals surface area contributed by atoms with E-state index in [9.17, 15) is 17.9 Å². The number of halogens is 1. The number of aryl methyl sites for hydroxylation is 1. The summed E-state index contributed by atoms with van der Waals surface area (Å²) < 4.78 is 46.0. The van der Waals surface area contributed by atoms with Crippen LogP contribution in [0.5, 0.6) is 0 Å². The standard InChI is InChI=1S/C19H22FN7O4S/c20-14-16(28)13(7-25-32(21,29)30)31-19(14)27-9-24-15-17(22-8-23-18(15)27)26-12-6-5-10-3-1-2-4-11(10)12/h1-4,8-9,12-14,16,19,25,28H,5-7H2,(H2,21,29,30)(H,22,23,26)/t12?,13-,14-,16+,19-/m1/s1. The van der Waals surface area contributed by atoms with E-state index >= 15 is 0 Å². The van der Waals surface area contributed by atoms with Crippen LogP contribution >= 0.6 is 0 Å². The van der Waals surface area contributed by atoms with Gasteiger partial charge in [0.05, 0.1) is 12.4 Å². The number of nitrogens with one attached hydrogen (secondary N) is 2. The Bertz CT molecular complexity index is 1250. The largest absolute Gasteiger partial charge is 0.387 e. The molecule has 1 aromatic carbocycles. The van der Waals surface area contributed by atoms with Crippen molar-refractivity contribution in [3.63, 3.8) is 0 Å². The lowest BCUT2D eigenvalue weighted by Gasteiger charge is -2.17. The second kappa shape index (κ2) is 8.01. The van der Waals surface area contributed by atoms with Crippen molar-refractivity contribution in [1.29, 1.82) is 0 Å². The number of hydrogen-bond donors (Lipinski definition) is 4. The van der Waals surface area contributed by atoms with Crippen molar-refractivity contribution in [2.75, 3.05) is 11.9 Å². The summed E-state index contributed by atoms with van der Waals surface area (Å²) in [6.45, 7) is -0.369. The van der Waals surface area contributed by atoms with Crippen molar-refractivity contribution in [2.24, 2.45) is 5.14 Å². The maximum atomic E-state index is 14.8. The number of fused-ring (bicyclic) bond motifs is 2. The fourth-order valence-electron chi connectivity index (χ4n) is 4.31. The van der Waals surface area contributed by atoms with Gasteiger partial charge in [0, 0.05) is 6.54 Å². The van der Waals surface area contributed by atoms with Crippen LogP contribution in [0.2, 0.25) is 0 Å². The van der Waals surface area contributed by atoms with Gasteiger partial charge >= 0.3 is 0 Å². The van der Waals surface area contributed by atoms with Gasteiger partial charge in [-0.2, -0.15) is 13.1 Å². The Morgan fingerprint density at radius 3 is 2.91 bits per heavy atom. The molecule has 2 aliphatic rings. The molecule has 1 aliphatic carbocycles. The number of nitrogens with zero attached hydrogens (tertiary/aromatic N) is 4. The summed E-state index contributed by atoms with van der Waals surface area (Å²) in [4.78, 5) is 12.9. The minimum Gasteiger partial charge on any atom is -0.387 e. The number of rotatable bonds is 6. The van der Waals surface area contributed by atoms with E-state index in [1.54, 1.807) is 0 Å². The number of nitrogens with two attached hydrogens (primary N) is 1. The molecule has 3 heterocycles. The van der Waals surface area contributed by atoms with Crippen LogP contribution in [0.4, 0.5) is 10.2 Å². The zero-order chi connectivity index (χ0) is 22.5. The van der Waals surface area contributed by atoms with E-state index in [-0.39, 0.29) is 12.6 Å². The lowest BCUT2D eigenvalue weighted by molar-refractivity contribution is -0.0195. The Kier molecular flexibility index (Phi) is 5.29. The zero-order valence-corrected chi connectivity index (χ0v) is 17.6. The molecule has 5 N–H and O–H groups in total. The molecule has 5 rings (SSSR count). The molecule has 0 bridgehead atoms. The summed E-state index contributed by atoms with van der Waals surface area (Å²) in [7, 11) is -4.01. The first-order valence-corrected chi connectivity index (χ1v) is 11.6. The third-order valence-corrected chi connectivity index (χ3v) is 6.43. The second-order valence-electron chi connectivity index (χ2n) is 7.87. The van der Waals surface area contributed by atoms with Crippen LogP contribution in [0.25, 0.3) is 11.2 Å². The number of ether oxygens (including phenoxy) is 1. The van der Waals surface area contributed by atoms with Crippen molar-refractivity contribution in [3.8, 4) is 0 Å². The molecule has 170 valence electrons. The molecule has 0 spiro atoms. The number of imidazole rings is 1. The summed E-state index contributed by atoms with van der Waals surface area (Å²) >= 11 is 0. The van der Waals surface area contributed by atoms with Crippen molar-refractivity contribution >= 4 is 27.2 Å². The number of hydrogen-bond acceptors (Lipinski definition) is 8. The van der Waals surface area contributed by atoms with Crippen LogP contribution in [0.15, 0.2) is 36.9 Å². The normalized spacial score (nSPS) is 27.7. The first-order chi connectivity index (χ1) is 15.3. The number of aliphatic hydroxyl groups is 1. The maximum absolute atomic E-state index is 14.8. The van der Waals surface area contributed by atoms with E-state index < -0.39 is 34.8 Å². The molecule has 2 aromatic heterocycles. The van der Waals surface area contributed by atoms with Crippen LogP contribution < -0.4 is 15.2 Å². The molecular weight excluding hydrogens is 441 g/mol. The van der Waals surface area contributed by atoms with Crippen LogP contribution in [-0.2, 0) is 21.4 Å². The van der Waals surface area contributed by atoms with Gasteiger partial charge in [0.25, 0.3) is 10.2 Å². The van der Waals surface area contributed by atoms with E-state index in [0.717, 1.165) is 12.8 Å². The fraction of sp³-hybridized carbons (Fsp3) is 0.421. The Labute approximate surface area is 183 Å². The first-order valence-electron chi connectivity index (χ1n) is 10.1. The van der Waals surface area contributed by atoms with Gasteiger partial charge in [0.1, 0.15) is 18.5 Å². The van der Waals surface area contributed by atoms with E-state index in [1.165, 1.54) is 28.3 Å². The van der Waals surface area contributed by atoms with Gasteiger partial charge in [0.15, 0.2) is 29.4 Å². The third-order valence-electron chi connectivity index (χ3n) is 5.86. The summed E-state index contributed by atoms with van der Waals surface area (Å²) in [5, 5.41) is 18.5. The molecule has 0 radical (unpaired) electrons. The van der Waals surface area contributed by atoms with Crippen molar-refractivity contribution in [1.82, 2.24) is 24.2 Å². The molecule has 3 aromatic rings. The van der Waals surface area contributed by atoms with Gasteiger partial charge in [-0.3, -0.25) is 4.57 Å². The average molecular weight is 463 g/mol. The van der Waals surface area contributed by atoms with Crippen molar-refractivity contribution < 1.29 is 22.7 Å². The fourth-order valence-corrected chi connectivity index (χ4v) is 4.71. The topological polar surface area (TPSA) is 157 Å². The maximum Gasteiger partial charge on any atom is 0.274 e. The van der Waals surface area contributed by atoms with Gasteiger partial charge in [0.2, 0.25) is 0 Å². The Hall–Kier alpha value is -2.71. The lowest BCUT2D eigenvalue weighted by Crippen LogP contribution is -2.41. The zero-order valence-electron chi connectivity index (χ0n) is 16.8. The number of anilines is 1. The number of aliphatic hydroxyl groups excluding tert-OH is 1. The van der Waals surface area contributed by atoms with Crippen LogP contribution in [0.3, 0.4) is 0 Å². The Morgan fingerprint density at radius 1 is 1.28 bits per heavy atom. The third kappa shape index (κ3) is 3.82. The molecule has 0 saturated carbocycles. The molecule has 1 unspecified atom stereocenters. The first kappa shape index (κ1) is 21.2. The molecule has 32 heavy (non-hydrogen) atoms. The summed E-state index contributed by atoms with van der Waals surface area (Å²) in [5.74, 6) is 0.511. The molecular formula is C19H22FN7O4S. The highest BCUT2D eigenvalue weighted by Crippen LogP contribution is 2.36. The summed E-state index contributed by atoms with van der Waals surface area (Å²) in [5.41, 5.74) is 3.26. The monoisotopic (exact) mass is 463 g/mol. The number of benzene rings is 1. The van der Waals surface area contributed by atoms with E-state index in [0.29, 0.717) is 17.0 Å². The van der Waals surface area contributed by atoms with Crippen LogP contribution in [0, 0.1) is 0 Å². The quantitative estimate of drug-likeness (QED) is 0.407. The predicted molar refractivity (Wildman–Crippen MR) is 112 cm³/mol. The van der Waals surface area contributed by atoms with Gasteiger partial charge in [-0.05, 0) is 24.0 Å². The highest BCUT2D eigenvalue weighted by molar-refractivity contribution is 7.87. The van der Waals surface area contributed by atoms with E-state index in [4.69, 9.17) is 9.88 Å². The number of aromatic nitrogens is 4. The summed E-state index contributed by atoms with van der Waals surface area (Å²) in [6, 6.07) is 8.26. The van der Waals surface area contributed by atoms with Gasteiger partial charge in [-0.15, -0.1) is 0 Å². The SMILES string of the molecule is NS(=O)(=O)NC[C@H]1O[C@@H](n2cnc3c(NC4CCc5ccccc54)ncnc32)[C@H](F)[C@H]1O. The molecule has 1 saturated heterocycles. The van der Waals surface area contributed by atoms with Gasteiger partial charge in [-0.1, -0.05) is 24.3 Å². The molecule has 13 heteroatoms.